The van der Waals surface area contributed by atoms with Crippen molar-refractivity contribution < 1.29 is 14.3 Å². The van der Waals surface area contributed by atoms with Gasteiger partial charge < -0.3 is 4.74 Å². The smallest absolute Gasteiger partial charge is 0.307 e. The summed E-state index contributed by atoms with van der Waals surface area (Å²) in [7, 11) is 1.68. The topological polar surface area (TPSA) is 59.5 Å². The van der Waals surface area contributed by atoms with Gasteiger partial charge in [0, 0.05) is 23.9 Å². The number of carbonyl (C=O) groups is 2. The summed E-state index contributed by atoms with van der Waals surface area (Å²) in [5, 5.41) is 2.53. The van der Waals surface area contributed by atoms with Crippen molar-refractivity contribution in [1.82, 2.24) is 4.98 Å². The Morgan fingerprint density at radius 3 is 2.48 bits per heavy atom. The molecule has 0 aliphatic heterocycles. The number of benzene rings is 1. The lowest BCUT2D eigenvalue weighted by molar-refractivity contribution is -0.156. The van der Waals surface area contributed by atoms with Gasteiger partial charge in [-0.1, -0.05) is 37.3 Å². The van der Waals surface area contributed by atoms with Crippen molar-refractivity contribution in [1.29, 1.82) is 0 Å². The highest BCUT2D eigenvalue weighted by Gasteiger charge is 2.26. The fraction of sp³-hybridized carbons (Fsp3) is 0.421. The van der Waals surface area contributed by atoms with E-state index in [0.717, 1.165) is 11.3 Å². The molecule has 6 heteroatoms. The fourth-order valence-corrected chi connectivity index (χ4v) is 3.11. The predicted molar refractivity (Wildman–Crippen MR) is 101 cm³/mol. The van der Waals surface area contributed by atoms with Gasteiger partial charge in [0.15, 0.2) is 5.13 Å². The third-order valence-electron chi connectivity index (χ3n) is 3.49. The van der Waals surface area contributed by atoms with Crippen LogP contribution >= 0.6 is 11.3 Å². The minimum absolute atomic E-state index is 0.0529. The molecule has 0 aliphatic rings. The monoisotopic (exact) mass is 360 g/mol. The van der Waals surface area contributed by atoms with Gasteiger partial charge in [-0.2, -0.15) is 0 Å². The average Bonchev–Trinajstić information content (AvgIpc) is 3.02. The van der Waals surface area contributed by atoms with Crippen molar-refractivity contribution in [3.8, 4) is 11.3 Å². The highest BCUT2D eigenvalue weighted by atomic mass is 32.1. The number of nitrogens with zero attached hydrogens (tertiary/aromatic N) is 2. The van der Waals surface area contributed by atoms with Crippen LogP contribution in [0.25, 0.3) is 11.3 Å². The molecule has 0 bridgehead atoms. The summed E-state index contributed by atoms with van der Waals surface area (Å²) in [4.78, 5) is 30.5. The van der Waals surface area contributed by atoms with E-state index in [0.29, 0.717) is 5.13 Å². The first-order valence-electron chi connectivity index (χ1n) is 8.18. The molecule has 0 saturated carbocycles. The number of aromatic nitrogens is 1. The Morgan fingerprint density at radius 1 is 1.24 bits per heavy atom. The molecule has 25 heavy (non-hydrogen) atoms. The summed E-state index contributed by atoms with van der Waals surface area (Å²) in [5.74, 6) is -0.991. The lowest BCUT2D eigenvalue weighted by Crippen LogP contribution is -2.34. The van der Waals surface area contributed by atoms with E-state index in [1.54, 1.807) is 14.0 Å². The van der Waals surface area contributed by atoms with E-state index in [1.807, 2.05) is 56.5 Å². The number of ether oxygens (including phenoxy) is 1. The number of hydrogen-bond acceptors (Lipinski definition) is 5. The number of hydrogen-bond donors (Lipinski definition) is 0. The third kappa shape index (κ3) is 5.39. The maximum Gasteiger partial charge on any atom is 0.307 e. The molecular weight excluding hydrogens is 336 g/mol. The van der Waals surface area contributed by atoms with Crippen LogP contribution in [0.15, 0.2) is 35.7 Å². The van der Waals surface area contributed by atoms with Crippen LogP contribution in [-0.4, -0.2) is 29.5 Å². The van der Waals surface area contributed by atoms with Gasteiger partial charge in [0.1, 0.15) is 5.60 Å². The van der Waals surface area contributed by atoms with E-state index in [4.69, 9.17) is 4.74 Å². The van der Waals surface area contributed by atoms with Gasteiger partial charge in [-0.3, -0.25) is 14.5 Å². The molecule has 1 aromatic heterocycles. The second kappa shape index (κ2) is 7.78. The summed E-state index contributed by atoms with van der Waals surface area (Å²) >= 11 is 1.40. The van der Waals surface area contributed by atoms with Crippen LogP contribution in [0.4, 0.5) is 5.13 Å². The molecule has 0 spiro atoms. The molecule has 5 nitrogen and oxygen atoms in total. The first-order chi connectivity index (χ1) is 11.7. The molecule has 0 radical (unpaired) electrons. The number of amides is 1. The fourth-order valence-electron chi connectivity index (χ4n) is 2.31. The zero-order chi connectivity index (χ0) is 18.6. The molecular formula is C19H24N2O3S. The molecule has 0 saturated heterocycles. The van der Waals surface area contributed by atoms with Gasteiger partial charge >= 0.3 is 5.97 Å². The molecule has 0 fully saturated rings. The highest BCUT2D eigenvalue weighted by Crippen LogP contribution is 2.27. The van der Waals surface area contributed by atoms with Gasteiger partial charge in [0.05, 0.1) is 12.1 Å². The summed E-state index contributed by atoms with van der Waals surface area (Å²) in [6, 6.07) is 9.81. The molecule has 1 amide bonds. The van der Waals surface area contributed by atoms with E-state index < -0.39 is 11.5 Å². The quantitative estimate of drug-likeness (QED) is 0.752. The van der Waals surface area contributed by atoms with E-state index in [1.165, 1.54) is 16.2 Å². The molecule has 1 heterocycles. The lowest BCUT2D eigenvalue weighted by atomic mass is 10.1. The van der Waals surface area contributed by atoms with Crippen molar-refractivity contribution in [2.45, 2.75) is 39.7 Å². The minimum Gasteiger partial charge on any atom is -0.460 e. The Morgan fingerprint density at radius 2 is 1.88 bits per heavy atom. The van der Waals surface area contributed by atoms with Crippen molar-refractivity contribution in [2.75, 3.05) is 11.9 Å². The molecule has 1 atom stereocenters. The Kier molecular flexibility index (Phi) is 5.95. The maximum absolute atomic E-state index is 12.6. The second-order valence-corrected chi connectivity index (χ2v) is 7.81. The molecule has 2 aromatic rings. The zero-order valence-corrected chi connectivity index (χ0v) is 16.1. The van der Waals surface area contributed by atoms with Crippen LogP contribution in [0.1, 0.15) is 34.1 Å². The molecule has 134 valence electrons. The molecule has 1 aromatic carbocycles. The molecule has 2 rings (SSSR count). The number of anilines is 1. The van der Waals surface area contributed by atoms with Gasteiger partial charge in [-0.15, -0.1) is 11.3 Å². The van der Waals surface area contributed by atoms with Crippen molar-refractivity contribution in [3.63, 3.8) is 0 Å². The number of esters is 1. The highest BCUT2D eigenvalue weighted by molar-refractivity contribution is 7.14. The minimum atomic E-state index is -0.550. The normalized spacial score (nSPS) is 12.5. The summed E-state index contributed by atoms with van der Waals surface area (Å²) in [5.41, 5.74) is 1.29. The summed E-state index contributed by atoms with van der Waals surface area (Å²) < 4.78 is 5.28. The molecule has 0 aliphatic carbocycles. The average molecular weight is 360 g/mol. The largest absolute Gasteiger partial charge is 0.460 e. The Hall–Kier alpha value is -2.21. The Bertz CT molecular complexity index is 735. The van der Waals surface area contributed by atoms with E-state index in [2.05, 4.69) is 4.98 Å². The van der Waals surface area contributed by atoms with Gasteiger partial charge in [0.25, 0.3) is 0 Å². The van der Waals surface area contributed by atoms with Crippen LogP contribution in [-0.2, 0) is 14.3 Å². The zero-order valence-electron chi connectivity index (χ0n) is 15.3. The summed E-state index contributed by atoms with van der Waals surface area (Å²) in [6.07, 6.45) is 0.0529. The van der Waals surface area contributed by atoms with Gasteiger partial charge in [-0.05, 0) is 20.8 Å². The Balaban J connectivity index is 2.02. The predicted octanol–water partition coefficient (Wildman–Crippen LogP) is 4.14. The molecule has 0 N–H and O–H groups in total. The summed E-state index contributed by atoms with van der Waals surface area (Å²) in [6.45, 7) is 7.16. The second-order valence-electron chi connectivity index (χ2n) is 6.97. The van der Waals surface area contributed by atoms with Crippen molar-refractivity contribution >= 4 is 28.3 Å². The van der Waals surface area contributed by atoms with E-state index in [9.17, 15) is 9.59 Å². The standard InChI is InChI=1S/C19H24N2O3S/c1-13(11-16(22)24-19(2,3)4)17(23)21(5)18-20-15(12-25-18)14-9-7-6-8-10-14/h6-10,12-13H,11H2,1-5H3/t13-/m1/s1. The lowest BCUT2D eigenvalue weighted by Gasteiger charge is -2.22. The van der Waals surface area contributed by atoms with Gasteiger partial charge in [0.2, 0.25) is 5.91 Å². The van der Waals surface area contributed by atoms with Crippen molar-refractivity contribution in [3.05, 3.63) is 35.7 Å². The van der Waals surface area contributed by atoms with Gasteiger partial charge in [-0.25, -0.2) is 4.98 Å². The van der Waals surface area contributed by atoms with Crippen molar-refractivity contribution in [2.24, 2.45) is 5.92 Å². The third-order valence-corrected chi connectivity index (χ3v) is 4.41. The van der Waals surface area contributed by atoms with E-state index in [-0.39, 0.29) is 18.3 Å². The number of thiazole rings is 1. The first-order valence-corrected chi connectivity index (χ1v) is 9.05. The van der Waals surface area contributed by atoms with E-state index >= 15 is 0 Å². The maximum atomic E-state index is 12.6. The van der Waals surface area contributed by atoms with Crippen LogP contribution < -0.4 is 4.90 Å². The molecule has 0 unspecified atom stereocenters. The number of carbonyl (C=O) groups excluding carboxylic acids is 2. The van der Waals surface area contributed by atoms with Crippen LogP contribution in [0.5, 0.6) is 0 Å². The number of rotatable bonds is 5. The van der Waals surface area contributed by atoms with Crippen LogP contribution in [0.3, 0.4) is 0 Å². The van der Waals surface area contributed by atoms with Crippen LogP contribution in [0.2, 0.25) is 0 Å². The van der Waals surface area contributed by atoms with Crippen LogP contribution in [0, 0.1) is 5.92 Å². The Labute approximate surface area is 152 Å². The first kappa shape index (κ1) is 19.1. The SMILES string of the molecule is C[C@H](CC(=O)OC(C)(C)C)C(=O)N(C)c1nc(-c2ccccc2)cs1.